The van der Waals surface area contributed by atoms with E-state index < -0.39 is 5.60 Å². The first-order valence-electron chi connectivity index (χ1n) is 5.62. The molecule has 0 aliphatic rings. The first-order chi connectivity index (χ1) is 7.59. The number of hydrogen-bond donors (Lipinski definition) is 0. The Bertz CT molecular complexity index is 344. The predicted molar refractivity (Wildman–Crippen MR) is 63.6 cm³/mol. The summed E-state index contributed by atoms with van der Waals surface area (Å²) in [5.41, 5.74) is 0.834. The van der Waals surface area contributed by atoms with Crippen LogP contribution in [0.5, 0.6) is 0 Å². The Labute approximate surface area is 96.8 Å². The average molecular weight is 221 g/mol. The first-order valence-corrected chi connectivity index (χ1v) is 5.62. The fourth-order valence-corrected chi connectivity index (χ4v) is 1.82. The molecular formula is C13H19NO2. The maximum Gasteiger partial charge on any atom is 0.196 e. The number of rotatable bonds is 5. The molecule has 0 N–H and O–H groups in total. The fourth-order valence-electron chi connectivity index (χ4n) is 1.82. The number of ketones is 1. The lowest BCUT2D eigenvalue weighted by Gasteiger charge is -2.28. The molecule has 0 bridgehead atoms. The van der Waals surface area contributed by atoms with Gasteiger partial charge < -0.3 is 4.74 Å². The molecule has 3 nitrogen and oxygen atoms in total. The summed E-state index contributed by atoms with van der Waals surface area (Å²) < 4.78 is 5.41. The van der Waals surface area contributed by atoms with Crippen molar-refractivity contribution in [3.63, 3.8) is 0 Å². The van der Waals surface area contributed by atoms with Crippen LogP contribution in [0.2, 0.25) is 0 Å². The van der Waals surface area contributed by atoms with Gasteiger partial charge in [0.05, 0.1) is 0 Å². The zero-order valence-corrected chi connectivity index (χ0v) is 10.4. The Hall–Kier alpha value is -1.22. The van der Waals surface area contributed by atoms with Crippen LogP contribution in [0.1, 0.15) is 42.7 Å². The number of Topliss-reactive ketones (excluding diaryl/α,β-unsaturated/α-hetero) is 1. The zero-order valence-electron chi connectivity index (χ0n) is 10.4. The van der Waals surface area contributed by atoms with Crippen molar-refractivity contribution in [2.24, 2.45) is 0 Å². The molecule has 0 unspecified atom stereocenters. The Balaban J connectivity index is 3.04. The van der Waals surface area contributed by atoms with Crippen molar-refractivity contribution in [2.75, 3.05) is 7.11 Å². The highest BCUT2D eigenvalue weighted by Gasteiger charge is 2.35. The van der Waals surface area contributed by atoms with Gasteiger partial charge in [-0.3, -0.25) is 9.78 Å². The van der Waals surface area contributed by atoms with Gasteiger partial charge in [0.15, 0.2) is 5.78 Å². The van der Waals surface area contributed by atoms with Crippen LogP contribution in [0.4, 0.5) is 0 Å². The Morgan fingerprint density at radius 2 is 2.00 bits per heavy atom. The number of pyridine rings is 1. The summed E-state index contributed by atoms with van der Waals surface area (Å²) in [6, 6.07) is 3.66. The van der Waals surface area contributed by atoms with Crippen LogP contribution < -0.4 is 0 Å². The minimum Gasteiger partial charge on any atom is -0.370 e. The summed E-state index contributed by atoms with van der Waals surface area (Å²) >= 11 is 0. The molecule has 0 aliphatic carbocycles. The topological polar surface area (TPSA) is 39.2 Å². The van der Waals surface area contributed by atoms with Gasteiger partial charge in [-0.1, -0.05) is 13.8 Å². The van der Waals surface area contributed by atoms with Gasteiger partial charge in [0, 0.05) is 24.6 Å². The van der Waals surface area contributed by atoms with E-state index in [9.17, 15) is 4.79 Å². The molecular weight excluding hydrogens is 202 g/mol. The molecule has 0 saturated carbocycles. The Morgan fingerprint density at radius 1 is 1.38 bits per heavy atom. The third kappa shape index (κ3) is 2.30. The van der Waals surface area contributed by atoms with E-state index in [1.165, 1.54) is 0 Å². The van der Waals surface area contributed by atoms with Crippen LogP contribution in [0.25, 0.3) is 0 Å². The maximum absolute atomic E-state index is 12.3. The van der Waals surface area contributed by atoms with Gasteiger partial charge in [-0.25, -0.2) is 0 Å². The minimum absolute atomic E-state index is 0.0208. The molecule has 0 fully saturated rings. The summed E-state index contributed by atoms with van der Waals surface area (Å²) in [5, 5.41) is 0. The highest BCUT2D eigenvalue weighted by Crippen LogP contribution is 2.24. The highest BCUT2D eigenvalue weighted by atomic mass is 16.5. The standard InChI is InChI=1S/C13H19NO2/c1-5-13(6-2,16-4)12(15)11-8-7-10(3)14-9-11/h7-9H,5-6H2,1-4H3. The quantitative estimate of drug-likeness (QED) is 0.718. The number of carbonyl (C=O) groups is 1. The van der Waals surface area contributed by atoms with Gasteiger partial charge in [0.2, 0.25) is 0 Å². The largest absolute Gasteiger partial charge is 0.370 e. The number of methoxy groups -OCH3 is 1. The zero-order chi connectivity index (χ0) is 12.2. The number of carbonyl (C=O) groups excluding carboxylic acids is 1. The smallest absolute Gasteiger partial charge is 0.196 e. The van der Waals surface area contributed by atoms with Crippen LogP contribution in [0.3, 0.4) is 0 Å². The van der Waals surface area contributed by atoms with Gasteiger partial charge >= 0.3 is 0 Å². The predicted octanol–water partition coefficient (Wildman–Crippen LogP) is 2.78. The molecule has 0 aromatic carbocycles. The van der Waals surface area contributed by atoms with Crippen molar-refractivity contribution in [3.8, 4) is 0 Å². The lowest BCUT2D eigenvalue weighted by molar-refractivity contribution is -0.00264. The second-order valence-electron chi connectivity index (χ2n) is 3.92. The number of aryl methyl sites for hydroxylation is 1. The van der Waals surface area contributed by atoms with Crippen LogP contribution in [0, 0.1) is 6.92 Å². The first kappa shape index (κ1) is 12.8. The molecule has 0 saturated heterocycles. The van der Waals surface area contributed by atoms with E-state index >= 15 is 0 Å². The van der Waals surface area contributed by atoms with E-state index in [2.05, 4.69) is 4.98 Å². The van der Waals surface area contributed by atoms with E-state index in [4.69, 9.17) is 4.74 Å². The lowest BCUT2D eigenvalue weighted by Crippen LogP contribution is -2.39. The molecule has 16 heavy (non-hydrogen) atoms. The molecule has 0 spiro atoms. The van der Waals surface area contributed by atoms with E-state index in [1.807, 2.05) is 32.9 Å². The average Bonchev–Trinajstić information content (AvgIpc) is 2.33. The molecule has 3 heteroatoms. The molecule has 0 radical (unpaired) electrons. The number of aromatic nitrogens is 1. The number of nitrogens with zero attached hydrogens (tertiary/aromatic N) is 1. The van der Waals surface area contributed by atoms with Crippen molar-refractivity contribution >= 4 is 5.78 Å². The van der Waals surface area contributed by atoms with Gasteiger partial charge in [0.25, 0.3) is 0 Å². The summed E-state index contributed by atoms with van der Waals surface area (Å²) in [6.45, 7) is 5.83. The Kier molecular flexibility index (Phi) is 4.19. The van der Waals surface area contributed by atoms with E-state index in [1.54, 1.807) is 13.3 Å². The van der Waals surface area contributed by atoms with Crippen molar-refractivity contribution < 1.29 is 9.53 Å². The van der Waals surface area contributed by atoms with Crippen LogP contribution >= 0.6 is 0 Å². The molecule has 0 amide bonds. The SMILES string of the molecule is CCC(CC)(OC)C(=O)c1ccc(C)nc1. The summed E-state index contributed by atoms with van der Waals surface area (Å²) in [4.78, 5) is 16.4. The van der Waals surface area contributed by atoms with Gasteiger partial charge in [-0.2, -0.15) is 0 Å². The third-order valence-corrected chi connectivity index (χ3v) is 3.12. The summed E-state index contributed by atoms with van der Waals surface area (Å²) in [6.07, 6.45) is 2.97. The van der Waals surface area contributed by atoms with Crippen LogP contribution in [-0.2, 0) is 4.74 Å². The van der Waals surface area contributed by atoms with Crippen molar-refractivity contribution in [1.82, 2.24) is 4.98 Å². The second-order valence-corrected chi connectivity index (χ2v) is 3.92. The van der Waals surface area contributed by atoms with Crippen LogP contribution in [0.15, 0.2) is 18.3 Å². The lowest BCUT2D eigenvalue weighted by atomic mass is 9.88. The van der Waals surface area contributed by atoms with Crippen molar-refractivity contribution in [3.05, 3.63) is 29.6 Å². The minimum atomic E-state index is -0.697. The number of hydrogen-bond acceptors (Lipinski definition) is 3. The molecule has 88 valence electrons. The molecule has 0 atom stereocenters. The highest BCUT2D eigenvalue weighted by molar-refractivity contribution is 6.02. The molecule has 0 aliphatic heterocycles. The summed E-state index contributed by atoms with van der Waals surface area (Å²) in [7, 11) is 1.59. The Morgan fingerprint density at radius 3 is 2.38 bits per heavy atom. The van der Waals surface area contributed by atoms with Crippen molar-refractivity contribution in [2.45, 2.75) is 39.2 Å². The van der Waals surface area contributed by atoms with Gasteiger partial charge in [-0.05, 0) is 31.9 Å². The third-order valence-electron chi connectivity index (χ3n) is 3.12. The molecule has 1 heterocycles. The molecule has 1 aromatic heterocycles. The van der Waals surface area contributed by atoms with E-state index in [-0.39, 0.29) is 5.78 Å². The van der Waals surface area contributed by atoms with Gasteiger partial charge in [-0.15, -0.1) is 0 Å². The molecule has 1 aromatic rings. The maximum atomic E-state index is 12.3. The normalized spacial score (nSPS) is 11.5. The fraction of sp³-hybridized carbons (Fsp3) is 0.538. The van der Waals surface area contributed by atoms with Crippen molar-refractivity contribution in [1.29, 1.82) is 0 Å². The molecule has 1 rings (SSSR count). The second kappa shape index (κ2) is 5.21. The van der Waals surface area contributed by atoms with E-state index in [0.717, 1.165) is 5.69 Å². The monoisotopic (exact) mass is 221 g/mol. The van der Waals surface area contributed by atoms with Crippen LogP contribution in [-0.4, -0.2) is 23.5 Å². The van der Waals surface area contributed by atoms with E-state index in [0.29, 0.717) is 18.4 Å². The van der Waals surface area contributed by atoms with Gasteiger partial charge in [0.1, 0.15) is 5.60 Å². The summed E-state index contributed by atoms with van der Waals surface area (Å²) in [5.74, 6) is 0.0208. The number of ether oxygens (including phenoxy) is 1.